The van der Waals surface area contributed by atoms with E-state index in [1.165, 1.54) is 44.3 Å². The van der Waals surface area contributed by atoms with Crippen LogP contribution in [0.15, 0.2) is 30.5 Å². The minimum atomic E-state index is -0.0348. The SMILES string of the molecule is C(=CCOC1CCCCO1)COc1cc(CN2CCCCC2)ccn1. The van der Waals surface area contributed by atoms with Crippen LogP contribution in [0.3, 0.4) is 0 Å². The quantitative estimate of drug-likeness (QED) is 0.674. The van der Waals surface area contributed by atoms with Crippen LogP contribution in [-0.2, 0) is 16.0 Å². The first-order valence-corrected chi connectivity index (χ1v) is 9.58. The molecule has 1 unspecified atom stereocenters. The number of hydrogen-bond acceptors (Lipinski definition) is 5. The van der Waals surface area contributed by atoms with Crippen LogP contribution in [0, 0.1) is 0 Å². The molecule has 138 valence electrons. The van der Waals surface area contributed by atoms with Gasteiger partial charge in [-0.05, 0) is 62.9 Å². The summed E-state index contributed by atoms with van der Waals surface area (Å²) in [6, 6.07) is 4.13. The molecule has 5 nitrogen and oxygen atoms in total. The third-order valence-corrected chi connectivity index (χ3v) is 4.66. The Labute approximate surface area is 151 Å². The molecule has 0 bridgehead atoms. The van der Waals surface area contributed by atoms with E-state index in [1.54, 1.807) is 0 Å². The summed E-state index contributed by atoms with van der Waals surface area (Å²) < 4.78 is 16.9. The molecule has 1 atom stereocenters. The van der Waals surface area contributed by atoms with Crippen molar-refractivity contribution in [2.24, 2.45) is 0 Å². The normalized spacial score (nSPS) is 22.3. The lowest BCUT2D eigenvalue weighted by Gasteiger charge is -2.26. The standard InChI is InChI=1S/C20H30N2O3/c1-3-11-22(12-4-1)17-18-9-10-21-19(16-18)23-13-6-7-15-25-20-8-2-5-14-24-20/h6-7,9-10,16,20H,1-5,8,11-15,17H2. The maximum atomic E-state index is 5.72. The summed E-state index contributed by atoms with van der Waals surface area (Å²) in [6.07, 6.45) is 13.1. The lowest BCUT2D eigenvalue weighted by Crippen LogP contribution is -2.29. The van der Waals surface area contributed by atoms with E-state index >= 15 is 0 Å². The highest BCUT2D eigenvalue weighted by Gasteiger charge is 2.13. The average molecular weight is 346 g/mol. The van der Waals surface area contributed by atoms with Gasteiger partial charge in [-0.2, -0.15) is 0 Å². The average Bonchev–Trinajstić information content (AvgIpc) is 2.66. The Bertz CT molecular complexity index is 523. The highest BCUT2D eigenvalue weighted by atomic mass is 16.7. The number of aromatic nitrogens is 1. The first-order valence-electron chi connectivity index (χ1n) is 9.58. The van der Waals surface area contributed by atoms with Crippen molar-refractivity contribution in [2.45, 2.75) is 51.4 Å². The summed E-state index contributed by atoms with van der Waals surface area (Å²) in [7, 11) is 0. The summed E-state index contributed by atoms with van der Waals surface area (Å²) in [6.45, 7) is 5.28. The molecule has 2 saturated heterocycles. The zero-order chi connectivity index (χ0) is 17.2. The Morgan fingerprint density at radius 3 is 2.84 bits per heavy atom. The van der Waals surface area contributed by atoms with Crippen molar-refractivity contribution in [3.8, 4) is 5.88 Å². The minimum absolute atomic E-state index is 0.0348. The molecular formula is C20H30N2O3. The zero-order valence-electron chi connectivity index (χ0n) is 15.1. The molecule has 3 heterocycles. The van der Waals surface area contributed by atoms with Gasteiger partial charge in [-0.3, -0.25) is 4.90 Å². The summed E-state index contributed by atoms with van der Waals surface area (Å²) in [5, 5.41) is 0. The Balaban J connectivity index is 1.34. The van der Waals surface area contributed by atoms with Gasteiger partial charge in [0.05, 0.1) is 6.61 Å². The second-order valence-corrected chi connectivity index (χ2v) is 6.75. The molecule has 0 N–H and O–H groups in total. The van der Waals surface area contributed by atoms with Gasteiger partial charge >= 0.3 is 0 Å². The molecule has 1 aromatic rings. The molecule has 0 amide bonds. The second kappa shape index (κ2) is 10.5. The van der Waals surface area contributed by atoms with Gasteiger partial charge in [0.1, 0.15) is 6.61 Å². The molecule has 2 aliphatic rings. The Morgan fingerprint density at radius 1 is 1.12 bits per heavy atom. The van der Waals surface area contributed by atoms with Gasteiger partial charge in [0.2, 0.25) is 5.88 Å². The van der Waals surface area contributed by atoms with E-state index < -0.39 is 0 Å². The maximum absolute atomic E-state index is 5.72. The van der Waals surface area contributed by atoms with Crippen LogP contribution < -0.4 is 4.74 Å². The van der Waals surface area contributed by atoms with Crippen LogP contribution >= 0.6 is 0 Å². The van der Waals surface area contributed by atoms with Crippen molar-refractivity contribution in [3.63, 3.8) is 0 Å². The van der Waals surface area contributed by atoms with E-state index in [-0.39, 0.29) is 6.29 Å². The predicted molar refractivity (Wildman–Crippen MR) is 97.5 cm³/mol. The first kappa shape index (κ1) is 18.4. The molecule has 3 rings (SSSR count). The van der Waals surface area contributed by atoms with Crippen LogP contribution in [-0.4, -0.2) is 49.1 Å². The highest BCUT2D eigenvalue weighted by molar-refractivity contribution is 5.20. The summed E-state index contributed by atoms with van der Waals surface area (Å²) in [4.78, 5) is 6.80. The molecule has 2 fully saturated rings. The third-order valence-electron chi connectivity index (χ3n) is 4.66. The fraction of sp³-hybridized carbons (Fsp3) is 0.650. The largest absolute Gasteiger partial charge is 0.473 e. The van der Waals surface area contributed by atoms with Crippen LogP contribution in [0.2, 0.25) is 0 Å². The number of ether oxygens (including phenoxy) is 3. The summed E-state index contributed by atoms with van der Waals surface area (Å²) in [5.74, 6) is 0.690. The first-order chi connectivity index (χ1) is 12.4. The minimum Gasteiger partial charge on any atom is -0.473 e. The number of piperidine rings is 1. The van der Waals surface area contributed by atoms with Gasteiger partial charge in [0, 0.05) is 25.4 Å². The van der Waals surface area contributed by atoms with Crippen molar-refractivity contribution in [2.75, 3.05) is 32.9 Å². The lowest BCUT2D eigenvalue weighted by molar-refractivity contribution is -0.155. The lowest BCUT2D eigenvalue weighted by atomic mass is 10.1. The third kappa shape index (κ3) is 6.77. The smallest absolute Gasteiger partial charge is 0.213 e. The molecule has 1 aromatic heterocycles. The number of nitrogens with zero attached hydrogens (tertiary/aromatic N) is 2. The maximum Gasteiger partial charge on any atom is 0.213 e. The van der Waals surface area contributed by atoms with Crippen molar-refractivity contribution < 1.29 is 14.2 Å². The van der Waals surface area contributed by atoms with Crippen molar-refractivity contribution >= 4 is 0 Å². The summed E-state index contributed by atoms with van der Waals surface area (Å²) in [5.41, 5.74) is 1.27. The van der Waals surface area contributed by atoms with E-state index in [1.807, 2.05) is 18.3 Å². The van der Waals surface area contributed by atoms with Crippen LogP contribution in [0.5, 0.6) is 5.88 Å². The number of pyridine rings is 1. The van der Waals surface area contributed by atoms with Gasteiger partial charge in [0.25, 0.3) is 0 Å². The van der Waals surface area contributed by atoms with E-state index in [4.69, 9.17) is 14.2 Å². The molecule has 5 heteroatoms. The van der Waals surface area contributed by atoms with E-state index in [2.05, 4.69) is 22.0 Å². The van der Waals surface area contributed by atoms with Gasteiger partial charge in [-0.1, -0.05) is 12.5 Å². The molecule has 0 radical (unpaired) electrons. The van der Waals surface area contributed by atoms with Crippen molar-refractivity contribution in [1.29, 1.82) is 0 Å². The van der Waals surface area contributed by atoms with Gasteiger partial charge in [0.15, 0.2) is 6.29 Å². The van der Waals surface area contributed by atoms with Crippen molar-refractivity contribution in [3.05, 3.63) is 36.0 Å². The Kier molecular flexibility index (Phi) is 7.74. The monoisotopic (exact) mass is 346 g/mol. The van der Waals surface area contributed by atoms with Gasteiger partial charge in [-0.15, -0.1) is 0 Å². The topological polar surface area (TPSA) is 43.8 Å². The molecule has 0 aliphatic carbocycles. The van der Waals surface area contributed by atoms with Gasteiger partial charge in [-0.25, -0.2) is 4.98 Å². The molecule has 0 spiro atoms. The number of rotatable bonds is 8. The van der Waals surface area contributed by atoms with E-state index in [0.717, 1.165) is 26.0 Å². The fourth-order valence-corrected chi connectivity index (χ4v) is 3.28. The summed E-state index contributed by atoms with van der Waals surface area (Å²) >= 11 is 0. The number of hydrogen-bond donors (Lipinski definition) is 0. The van der Waals surface area contributed by atoms with E-state index in [9.17, 15) is 0 Å². The highest BCUT2D eigenvalue weighted by Crippen LogP contribution is 2.16. The van der Waals surface area contributed by atoms with Crippen molar-refractivity contribution in [1.82, 2.24) is 9.88 Å². The molecular weight excluding hydrogens is 316 g/mol. The predicted octanol–water partition coefficient (Wildman–Crippen LogP) is 3.55. The Morgan fingerprint density at radius 2 is 2.00 bits per heavy atom. The molecule has 25 heavy (non-hydrogen) atoms. The van der Waals surface area contributed by atoms with Gasteiger partial charge < -0.3 is 14.2 Å². The Hall–Kier alpha value is -1.43. The molecule has 2 aliphatic heterocycles. The number of likely N-dealkylation sites (tertiary alicyclic amines) is 1. The molecule has 0 saturated carbocycles. The van der Waals surface area contributed by atoms with Crippen LogP contribution in [0.4, 0.5) is 0 Å². The zero-order valence-corrected chi connectivity index (χ0v) is 15.1. The molecule has 0 aromatic carbocycles. The fourth-order valence-electron chi connectivity index (χ4n) is 3.28. The van der Waals surface area contributed by atoms with E-state index in [0.29, 0.717) is 19.1 Å². The second-order valence-electron chi connectivity index (χ2n) is 6.75. The van der Waals surface area contributed by atoms with Crippen LogP contribution in [0.1, 0.15) is 44.1 Å². The van der Waals surface area contributed by atoms with Crippen LogP contribution in [0.25, 0.3) is 0 Å².